The number of rotatable bonds is 6. The zero-order valence-corrected chi connectivity index (χ0v) is 12.4. The fourth-order valence-electron chi connectivity index (χ4n) is 1.77. The van der Waals surface area contributed by atoms with Crippen molar-refractivity contribution in [2.75, 3.05) is 0 Å². The Morgan fingerprint density at radius 1 is 1.50 bits per heavy atom. The summed E-state index contributed by atoms with van der Waals surface area (Å²) in [7, 11) is 0. The molecule has 2 atom stereocenters. The minimum absolute atomic E-state index is 0.466. The Morgan fingerprint density at radius 2 is 2.17 bits per heavy atom. The van der Waals surface area contributed by atoms with E-state index in [1.807, 2.05) is 6.92 Å². The van der Waals surface area contributed by atoms with Gasteiger partial charge < -0.3 is 10.2 Å². The molecule has 1 aromatic rings. The van der Waals surface area contributed by atoms with E-state index in [9.17, 15) is 9.90 Å². The number of unbranched alkanes of at least 4 members (excludes halogenated alkanes) is 1. The molecule has 0 spiro atoms. The number of aliphatic hydroxyl groups is 1. The van der Waals surface area contributed by atoms with Gasteiger partial charge in [-0.25, -0.2) is 0 Å². The summed E-state index contributed by atoms with van der Waals surface area (Å²) >= 11 is 9.13. The van der Waals surface area contributed by atoms with Gasteiger partial charge in [0, 0.05) is 4.47 Å². The maximum absolute atomic E-state index is 11.2. The lowest BCUT2D eigenvalue weighted by Crippen LogP contribution is -2.22. The predicted octanol–water partition coefficient (Wildman–Crippen LogP) is 4.03. The number of halogens is 2. The van der Waals surface area contributed by atoms with Crippen molar-refractivity contribution >= 4 is 33.5 Å². The Morgan fingerprint density at radius 3 is 2.67 bits per heavy atom. The maximum Gasteiger partial charge on any atom is 0.309 e. The SMILES string of the molecule is CCCCC(C(=O)O)C(O)c1ccc(Cl)c(Br)c1. The minimum atomic E-state index is -1.01. The Kier molecular flexibility index (Phi) is 6.12. The molecule has 18 heavy (non-hydrogen) atoms. The van der Waals surface area contributed by atoms with Crippen LogP contribution in [-0.4, -0.2) is 16.2 Å². The third kappa shape index (κ3) is 3.97. The van der Waals surface area contributed by atoms with Crippen LogP contribution in [0.5, 0.6) is 0 Å². The maximum atomic E-state index is 11.2. The second kappa shape index (κ2) is 7.12. The first-order chi connectivity index (χ1) is 8.47. The highest BCUT2D eigenvalue weighted by Crippen LogP contribution is 2.31. The molecule has 0 aliphatic heterocycles. The van der Waals surface area contributed by atoms with Crippen molar-refractivity contribution in [2.24, 2.45) is 5.92 Å². The third-order valence-corrected chi connectivity index (χ3v) is 4.07. The predicted molar refractivity (Wildman–Crippen MR) is 74.8 cm³/mol. The van der Waals surface area contributed by atoms with Crippen molar-refractivity contribution < 1.29 is 15.0 Å². The highest BCUT2D eigenvalue weighted by Gasteiger charge is 2.27. The zero-order valence-electron chi connectivity index (χ0n) is 10.1. The molecule has 1 aromatic carbocycles. The first-order valence-electron chi connectivity index (χ1n) is 5.83. The van der Waals surface area contributed by atoms with Crippen LogP contribution in [0.1, 0.15) is 37.9 Å². The summed E-state index contributed by atoms with van der Waals surface area (Å²) in [5.41, 5.74) is 0.565. The first-order valence-corrected chi connectivity index (χ1v) is 7.00. The highest BCUT2D eigenvalue weighted by molar-refractivity contribution is 9.10. The zero-order chi connectivity index (χ0) is 13.7. The second-order valence-corrected chi connectivity index (χ2v) is 5.47. The van der Waals surface area contributed by atoms with E-state index in [0.717, 1.165) is 12.8 Å². The summed E-state index contributed by atoms with van der Waals surface area (Å²) < 4.78 is 0.653. The van der Waals surface area contributed by atoms with Gasteiger partial charge in [0.25, 0.3) is 0 Å². The molecule has 0 saturated carbocycles. The van der Waals surface area contributed by atoms with Crippen LogP contribution >= 0.6 is 27.5 Å². The molecule has 0 amide bonds. The molecular formula is C13H16BrClO3. The van der Waals surface area contributed by atoms with E-state index in [4.69, 9.17) is 16.7 Å². The summed E-state index contributed by atoms with van der Waals surface area (Å²) in [5, 5.41) is 19.8. The lowest BCUT2D eigenvalue weighted by molar-refractivity contribution is -0.146. The van der Waals surface area contributed by atoms with Gasteiger partial charge in [-0.05, 0) is 40.0 Å². The standard InChI is InChI=1S/C13H16BrClO3/c1-2-3-4-9(13(17)18)12(16)8-5-6-11(15)10(14)7-8/h5-7,9,12,16H,2-4H2,1H3,(H,17,18). The number of benzene rings is 1. The molecule has 100 valence electrons. The summed E-state index contributed by atoms with van der Waals surface area (Å²) in [4.78, 5) is 11.2. The average Bonchev–Trinajstić information content (AvgIpc) is 2.32. The number of aliphatic hydroxyl groups excluding tert-OH is 1. The van der Waals surface area contributed by atoms with Gasteiger partial charge in [0.2, 0.25) is 0 Å². The molecule has 2 N–H and O–H groups in total. The second-order valence-electron chi connectivity index (χ2n) is 4.21. The van der Waals surface area contributed by atoms with Crippen molar-refractivity contribution in [3.63, 3.8) is 0 Å². The molecule has 0 fully saturated rings. The number of hydrogen-bond acceptors (Lipinski definition) is 2. The molecule has 0 heterocycles. The molecule has 0 bridgehead atoms. The molecule has 0 saturated heterocycles. The summed E-state index contributed by atoms with van der Waals surface area (Å²) in [6.07, 6.45) is 1.14. The van der Waals surface area contributed by atoms with Crippen LogP contribution in [0.3, 0.4) is 0 Å². The van der Waals surface area contributed by atoms with Crippen LogP contribution in [0.15, 0.2) is 22.7 Å². The van der Waals surface area contributed by atoms with Crippen LogP contribution in [0.2, 0.25) is 5.02 Å². The molecule has 0 aliphatic rings. The number of aliphatic carboxylic acids is 1. The molecule has 0 aromatic heterocycles. The molecule has 1 rings (SSSR count). The van der Waals surface area contributed by atoms with E-state index in [1.165, 1.54) is 0 Å². The molecule has 5 heteroatoms. The van der Waals surface area contributed by atoms with Crippen molar-refractivity contribution in [2.45, 2.75) is 32.3 Å². The van der Waals surface area contributed by atoms with Crippen molar-refractivity contribution in [1.82, 2.24) is 0 Å². The molecule has 0 aliphatic carbocycles. The van der Waals surface area contributed by atoms with Crippen molar-refractivity contribution in [3.05, 3.63) is 33.3 Å². The van der Waals surface area contributed by atoms with Gasteiger partial charge in [-0.15, -0.1) is 0 Å². The van der Waals surface area contributed by atoms with Gasteiger partial charge in [0.05, 0.1) is 17.0 Å². The fraction of sp³-hybridized carbons (Fsp3) is 0.462. The van der Waals surface area contributed by atoms with Gasteiger partial charge >= 0.3 is 5.97 Å². The Hall–Kier alpha value is -0.580. The van der Waals surface area contributed by atoms with Gasteiger partial charge in [-0.3, -0.25) is 4.79 Å². The Bertz CT molecular complexity index is 423. The monoisotopic (exact) mass is 334 g/mol. The van der Waals surface area contributed by atoms with Crippen LogP contribution in [0, 0.1) is 5.92 Å². The van der Waals surface area contributed by atoms with Crippen molar-refractivity contribution in [3.8, 4) is 0 Å². The molecular weight excluding hydrogens is 319 g/mol. The third-order valence-electron chi connectivity index (χ3n) is 2.85. The van der Waals surface area contributed by atoms with Gasteiger partial charge in [-0.2, -0.15) is 0 Å². The molecule has 0 radical (unpaired) electrons. The quantitative estimate of drug-likeness (QED) is 0.825. The van der Waals surface area contributed by atoms with E-state index in [1.54, 1.807) is 18.2 Å². The number of carboxylic acid groups (broad SMARTS) is 1. The van der Waals surface area contributed by atoms with E-state index >= 15 is 0 Å². The van der Waals surface area contributed by atoms with E-state index in [-0.39, 0.29) is 0 Å². The topological polar surface area (TPSA) is 57.5 Å². The average molecular weight is 336 g/mol. The van der Waals surface area contributed by atoms with Crippen LogP contribution in [0.25, 0.3) is 0 Å². The van der Waals surface area contributed by atoms with Crippen molar-refractivity contribution in [1.29, 1.82) is 0 Å². The summed E-state index contributed by atoms with van der Waals surface area (Å²) in [5.74, 6) is -1.75. The highest BCUT2D eigenvalue weighted by atomic mass is 79.9. The smallest absolute Gasteiger partial charge is 0.309 e. The summed E-state index contributed by atoms with van der Waals surface area (Å²) in [6.45, 7) is 1.99. The number of carbonyl (C=O) groups is 1. The summed E-state index contributed by atoms with van der Waals surface area (Å²) in [6, 6.07) is 4.96. The van der Waals surface area contributed by atoms with Gasteiger partial charge in [-0.1, -0.05) is 37.4 Å². The normalized spacial score (nSPS) is 14.2. The van der Waals surface area contributed by atoms with E-state index in [0.29, 0.717) is 21.5 Å². The van der Waals surface area contributed by atoms with Crippen LogP contribution in [0.4, 0.5) is 0 Å². The van der Waals surface area contributed by atoms with Gasteiger partial charge in [0.15, 0.2) is 0 Å². The van der Waals surface area contributed by atoms with Crippen LogP contribution < -0.4 is 0 Å². The first kappa shape index (κ1) is 15.5. The Balaban J connectivity index is 2.90. The molecule has 3 nitrogen and oxygen atoms in total. The minimum Gasteiger partial charge on any atom is -0.481 e. The van der Waals surface area contributed by atoms with Crippen LogP contribution in [-0.2, 0) is 4.79 Å². The Labute approximate surface area is 120 Å². The molecule has 2 unspecified atom stereocenters. The van der Waals surface area contributed by atoms with Gasteiger partial charge in [0.1, 0.15) is 0 Å². The fourth-order valence-corrected chi connectivity index (χ4v) is 2.28. The lowest BCUT2D eigenvalue weighted by atomic mass is 9.91. The number of hydrogen-bond donors (Lipinski definition) is 2. The number of carboxylic acids is 1. The van der Waals surface area contributed by atoms with E-state index < -0.39 is 18.0 Å². The largest absolute Gasteiger partial charge is 0.481 e. The lowest BCUT2D eigenvalue weighted by Gasteiger charge is -2.19. The van der Waals surface area contributed by atoms with E-state index in [2.05, 4.69) is 15.9 Å².